The molecule has 0 aliphatic heterocycles. The molecule has 0 fully saturated rings. The summed E-state index contributed by atoms with van der Waals surface area (Å²) in [6, 6.07) is 8.75. The fraction of sp³-hybridized carbons (Fsp3) is 0.250. The Morgan fingerprint density at radius 2 is 2.00 bits per heavy atom. The normalized spacial score (nSPS) is 11.9. The average molecular weight is 319 g/mol. The van der Waals surface area contributed by atoms with Crippen LogP contribution in [0.4, 0.5) is 0 Å². The van der Waals surface area contributed by atoms with E-state index in [0.717, 1.165) is 22.5 Å². The number of aromatic carboxylic acids is 1. The Balaban J connectivity index is 2.10. The van der Waals surface area contributed by atoms with Gasteiger partial charge in [-0.05, 0) is 35.9 Å². The molecule has 116 valence electrons. The predicted octanol–water partition coefficient (Wildman–Crippen LogP) is 2.09. The Kier molecular flexibility index (Phi) is 5.30. The molecule has 0 saturated heterocycles. The number of thiophene rings is 1. The highest BCUT2D eigenvalue weighted by Crippen LogP contribution is 2.17. The molecule has 1 atom stereocenters. The van der Waals surface area contributed by atoms with E-state index in [1.54, 1.807) is 5.38 Å². The van der Waals surface area contributed by atoms with Crippen LogP contribution in [-0.4, -0.2) is 34.7 Å². The molecule has 1 aromatic carbocycles. The number of benzene rings is 1. The number of carboxylic acids is 1. The lowest BCUT2D eigenvalue weighted by molar-refractivity contribution is 0.0695. The van der Waals surface area contributed by atoms with E-state index >= 15 is 0 Å². The van der Waals surface area contributed by atoms with Gasteiger partial charge in [-0.3, -0.25) is 4.79 Å². The molecule has 1 heterocycles. The van der Waals surface area contributed by atoms with Crippen molar-refractivity contribution in [3.8, 4) is 0 Å². The number of carbonyl (C=O) groups is 2. The molecular weight excluding hydrogens is 302 g/mol. The zero-order valence-corrected chi connectivity index (χ0v) is 12.9. The molecule has 1 unspecified atom stereocenters. The maximum Gasteiger partial charge on any atom is 0.346 e. The van der Waals surface area contributed by atoms with Crippen LogP contribution in [0, 0.1) is 6.92 Å². The van der Waals surface area contributed by atoms with E-state index < -0.39 is 17.9 Å². The number of carbonyl (C=O) groups excluding carboxylic acids is 1. The van der Waals surface area contributed by atoms with Crippen molar-refractivity contribution in [2.75, 3.05) is 6.61 Å². The Hall–Kier alpha value is -2.18. The van der Waals surface area contributed by atoms with Crippen LogP contribution >= 0.6 is 11.3 Å². The van der Waals surface area contributed by atoms with Gasteiger partial charge in [0.1, 0.15) is 4.88 Å². The third-order valence-corrected chi connectivity index (χ3v) is 4.29. The van der Waals surface area contributed by atoms with E-state index in [9.17, 15) is 14.7 Å². The first-order valence-corrected chi connectivity index (χ1v) is 7.68. The lowest BCUT2D eigenvalue weighted by Gasteiger charge is -2.17. The molecular formula is C16H17NO4S. The standard InChI is InChI=1S/C16H17NO4S/c1-10-4-2-3-5-11(10)8-12(9-18)17-15(19)13-6-7-22-14(13)16(20)21/h2-7,12,18H,8-9H2,1H3,(H,17,19)(H,20,21). The van der Waals surface area contributed by atoms with Crippen LogP contribution in [0.15, 0.2) is 35.7 Å². The van der Waals surface area contributed by atoms with Crippen LogP contribution in [0.2, 0.25) is 0 Å². The topological polar surface area (TPSA) is 86.6 Å². The van der Waals surface area contributed by atoms with Crippen molar-refractivity contribution in [1.82, 2.24) is 5.32 Å². The molecule has 0 aliphatic carbocycles. The molecule has 2 rings (SSSR count). The van der Waals surface area contributed by atoms with Crippen molar-refractivity contribution >= 4 is 23.2 Å². The minimum absolute atomic E-state index is 0.00471. The molecule has 5 nitrogen and oxygen atoms in total. The first-order valence-electron chi connectivity index (χ1n) is 6.80. The molecule has 3 N–H and O–H groups in total. The SMILES string of the molecule is Cc1ccccc1CC(CO)NC(=O)c1ccsc1C(=O)O. The first-order chi connectivity index (χ1) is 10.5. The van der Waals surface area contributed by atoms with Crippen molar-refractivity contribution in [2.45, 2.75) is 19.4 Å². The van der Waals surface area contributed by atoms with Gasteiger partial charge in [-0.1, -0.05) is 24.3 Å². The molecule has 1 aromatic heterocycles. The van der Waals surface area contributed by atoms with Crippen molar-refractivity contribution in [1.29, 1.82) is 0 Å². The van der Waals surface area contributed by atoms with E-state index in [1.807, 2.05) is 31.2 Å². The number of nitrogens with one attached hydrogen (secondary N) is 1. The molecule has 2 aromatic rings. The molecule has 6 heteroatoms. The number of aryl methyl sites for hydroxylation is 1. The Morgan fingerprint density at radius 1 is 1.27 bits per heavy atom. The van der Waals surface area contributed by atoms with Crippen LogP contribution in [0.1, 0.15) is 31.2 Å². The maximum atomic E-state index is 12.2. The van der Waals surface area contributed by atoms with Gasteiger partial charge in [-0.2, -0.15) is 0 Å². The lowest BCUT2D eigenvalue weighted by atomic mass is 10.0. The van der Waals surface area contributed by atoms with Crippen LogP contribution in [0.3, 0.4) is 0 Å². The van der Waals surface area contributed by atoms with E-state index in [0.29, 0.717) is 6.42 Å². The summed E-state index contributed by atoms with van der Waals surface area (Å²) in [6.45, 7) is 1.75. The fourth-order valence-corrected chi connectivity index (χ4v) is 2.91. The van der Waals surface area contributed by atoms with Gasteiger partial charge in [0, 0.05) is 0 Å². The smallest absolute Gasteiger partial charge is 0.346 e. The number of amides is 1. The van der Waals surface area contributed by atoms with Crippen molar-refractivity contribution < 1.29 is 19.8 Å². The summed E-state index contributed by atoms with van der Waals surface area (Å²) in [5.41, 5.74) is 2.24. The van der Waals surface area contributed by atoms with Gasteiger partial charge in [-0.15, -0.1) is 11.3 Å². The molecule has 0 spiro atoms. The minimum atomic E-state index is -1.13. The van der Waals surface area contributed by atoms with Crippen LogP contribution in [-0.2, 0) is 6.42 Å². The maximum absolute atomic E-state index is 12.2. The van der Waals surface area contributed by atoms with Gasteiger partial charge in [-0.25, -0.2) is 4.79 Å². The summed E-state index contributed by atoms with van der Waals surface area (Å²) < 4.78 is 0. The first kappa shape index (κ1) is 16.2. The van der Waals surface area contributed by atoms with Gasteiger partial charge < -0.3 is 15.5 Å². The quantitative estimate of drug-likeness (QED) is 0.761. The summed E-state index contributed by atoms with van der Waals surface area (Å²) in [5.74, 6) is -1.61. The van der Waals surface area contributed by atoms with Gasteiger partial charge in [0.05, 0.1) is 18.2 Å². The van der Waals surface area contributed by atoms with Crippen molar-refractivity contribution in [3.05, 3.63) is 57.3 Å². The van der Waals surface area contributed by atoms with E-state index in [2.05, 4.69) is 5.32 Å². The Labute approximate surface area is 132 Å². The van der Waals surface area contributed by atoms with Gasteiger partial charge in [0.2, 0.25) is 0 Å². The highest BCUT2D eigenvalue weighted by atomic mass is 32.1. The highest BCUT2D eigenvalue weighted by Gasteiger charge is 2.20. The predicted molar refractivity (Wildman–Crippen MR) is 84.5 cm³/mol. The minimum Gasteiger partial charge on any atom is -0.477 e. The van der Waals surface area contributed by atoms with Gasteiger partial charge in [0.25, 0.3) is 5.91 Å². The zero-order valence-electron chi connectivity index (χ0n) is 12.1. The van der Waals surface area contributed by atoms with Crippen LogP contribution in [0.25, 0.3) is 0 Å². The Bertz CT molecular complexity index is 680. The summed E-state index contributed by atoms with van der Waals surface area (Å²) in [5, 5.41) is 22.8. The monoisotopic (exact) mass is 319 g/mol. The Morgan fingerprint density at radius 3 is 2.64 bits per heavy atom. The zero-order chi connectivity index (χ0) is 16.1. The van der Waals surface area contributed by atoms with E-state index in [-0.39, 0.29) is 17.0 Å². The van der Waals surface area contributed by atoms with Gasteiger partial charge >= 0.3 is 5.97 Å². The van der Waals surface area contributed by atoms with Crippen molar-refractivity contribution in [3.63, 3.8) is 0 Å². The number of aliphatic hydroxyl groups is 1. The summed E-state index contributed by atoms with van der Waals surface area (Å²) in [7, 11) is 0. The molecule has 0 radical (unpaired) electrons. The third kappa shape index (κ3) is 3.72. The largest absolute Gasteiger partial charge is 0.477 e. The summed E-state index contributed by atoms with van der Waals surface area (Å²) in [4.78, 5) is 23.3. The third-order valence-electron chi connectivity index (χ3n) is 3.39. The lowest BCUT2D eigenvalue weighted by Crippen LogP contribution is -2.39. The average Bonchev–Trinajstić information content (AvgIpc) is 2.98. The van der Waals surface area contributed by atoms with Crippen molar-refractivity contribution in [2.24, 2.45) is 0 Å². The summed E-state index contributed by atoms with van der Waals surface area (Å²) >= 11 is 1.00. The van der Waals surface area contributed by atoms with Crippen LogP contribution < -0.4 is 5.32 Å². The molecule has 1 amide bonds. The van der Waals surface area contributed by atoms with Crippen LogP contribution in [0.5, 0.6) is 0 Å². The summed E-state index contributed by atoms with van der Waals surface area (Å²) in [6.07, 6.45) is 0.488. The second-order valence-corrected chi connectivity index (χ2v) is 5.87. The van der Waals surface area contributed by atoms with Gasteiger partial charge in [0.15, 0.2) is 0 Å². The molecule has 0 saturated carbocycles. The fourth-order valence-electron chi connectivity index (χ4n) is 2.18. The number of hydrogen-bond donors (Lipinski definition) is 3. The second kappa shape index (κ2) is 7.20. The number of carboxylic acid groups (broad SMARTS) is 1. The van der Waals surface area contributed by atoms with E-state index in [1.165, 1.54) is 6.07 Å². The van der Waals surface area contributed by atoms with E-state index in [4.69, 9.17) is 5.11 Å². The second-order valence-electron chi connectivity index (χ2n) is 4.95. The number of rotatable bonds is 6. The number of hydrogen-bond acceptors (Lipinski definition) is 4. The molecule has 0 aliphatic rings. The highest BCUT2D eigenvalue weighted by molar-refractivity contribution is 7.12. The number of aliphatic hydroxyl groups excluding tert-OH is 1. The molecule has 0 bridgehead atoms. The molecule has 22 heavy (non-hydrogen) atoms.